The highest BCUT2D eigenvalue weighted by Crippen LogP contribution is 2.26. The summed E-state index contributed by atoms with van der Waals surface area (Å²) in [7, 11) is 0. The molecule has 0 aromatic rings. The van der Waals surface area contributed by atoms with Gasteiger partial charge < -0.3 is 10.4 Å². The smallest absolute Gasteiger partial charge is 0.0692 e. The molecule has 0 bridgehead atoms. The van der Waals surface area contributed by atoms with E-state index in [0.29, 0.717) is 11.3 Å². The van der Waals surface area contributed by atoms with E-state index < -0.39 is 0 Å². The minimum Gasteiger partial charge on any atom is -0.392 e. The van der Waals surface area contributed by atoms with Crippen molar-refractivity contribution in [1.29, 1.82) is 0 Å². The van der Waals surface area contributed by atoms with Gasteiger partial charge in [-0.3, -0.25) is 0 Å². The van der Waals surface area contributed by atoms with E-state index in [4.69, 9.17) is 0 Å². The molecular formula is C18H37NO. The number of aliphatic hydroxyl groups is 1. The summed E-state index contributed by atoms with van der Waals surface area (Å²) in [5, 5.41) is 13.9. The van der Waals surface area contributed by atoms with Crippen LogP contribution in [0.2, 0.25) is 0 Å². The van der Waals surface area contributed by atoms with Gasteiger partial charge in [0.15, 0.2) is 0 Å². The first-order valence-corrected chi connectivity index (χ1v) is 8.79. The van der Waals surface area contributed by atoms with Crippen molar-refractivity contribution in [1.82, 2.24) is 5.32 Å². The monoisotopic (exact) mass is 283 g/mol. The Morgan fingerprint density at radius 2 is 1.60 bits per heavy atom. The second kappa shape index (κ2) is 9.04. The first-order valence-electron chi connectivity index (χ1n) is 8.79. The minimum atomic E-state index is -0.150. The lowest BCUT2D eigenvalue weighted by Gasteiger charge is -2.29. The Kier molecular flexibility index (Phi) is 8.13. The van der Waals surface area contributed by atoms with Gasteiger partial charge in [-0.1, -0.05) is 59.8 Å². The third kappa shape index (κ3) is 7.64. The summed E-state index contributed by atoms with van der Waals surface area (Å²) in [6.07, 6.45) is 10.3. The van der Waals surface area contributed by atoms with Crippen LogP contribution < -0.4 is 5.32 Å². The van der Waals surface area contributed by atoms with Crippen LogP contribution in [0.15, 0.2) is 0 Å². The summed E-state index contributed by atoms with van der Waals surface area (Å²) in [6.45, 7) is 11.0. The van der Waals surface area contributed by atoms with Crippen LogP contribution in [0.25, 0.3) is 0 Å². The normalized spacial score (nSPS) is 20.7. The zero-order valence-electron chi connectivity index (χ0n) is 14.3. The van der Waals surface area contributed by atoms with Crippen LogP contribution in [0, 0.1) is 17.3 Å². The van der Waals surface area contributed by atoms with Crippen molar-refractivity contribution in [2.75, 3.05) is 13.1 Å². The minimum absolute atomic E-state index is 0.150. The van der Waals surface area contributed by atoms with E-state index in [1.54, 1.807) is 0 Å². The summed E-state index contributed by atoms with van der Waals surface area (Å²) in [5.74, 6) is 1.26. The predicted octanol–water partition coefficient (Wildman–Crippen LogP) is 4.37. The highest BCUT2D eigenvalue weighted by Gasteiger charge is 2.22. The van der Waals surface area contributed by atoms with Gasteiger partial charge in [0.1, 0.15) is 0 Å². The van der Waals surface area contributed by atoms with E-state index >= 15 is 0 Å². The van der Waals surface area contributed by atoms with Gasteiger partial charge in [-0.15, -0.1) is 0 Å². The van der Waals surface area contributed by atoms with Gasteiger partial charge in [-0.05, 0) is 36.5 Å². The van der Waals surface area contributed by atoms with E-state index in [0.717, 1.165) is 19.0 Å². The number of hydrogen-bond donors (Lipinski definition) is 2. The van der Waals surface area contributed by atoms with Crippen molar-refractivity contribution >= 4 is 0 Å². The fourth-order valence-electron chi connectivity index (χ4n) is 3.77. The first kappa shape index (κ1) is 18.0. The Labute approximate surface area is 126 Å². The number of nitrogens with one attached hydrogen (secondary N) is 1. The number of hydrogen-bond acceptors (Lipinski definition) is 2. The largest absolute Gasteiger partial charge is 0.392 e. The van der Waals surface area contributed by atoms with E-state index in [-0.39, 0.29) is 6.10 Å². The summed E-state index contributed by atoms with van der Waals surface area (Å²) < 4.78 is 0. The lowest BCUT2D eigenvalue weighted by Crippen LogP contribution is -2.38. The molecule has 1 aliphatic carbocycles. The van der Waals surface area contributed by atoms with E-state index in [1.165, 1.54) is 51.4 Å². The quantitative estimate of drug-likeness (QED) is 0.727. The van der Waals surface area contributed by atoms with Crippen molar-refractivity contribution in [2.24, 2.45) is 17.3 Å². The second-order valence-corrected chi connectivity index (χ2v) is 8.07. The molecule has 1 rings (SSSR count). The molecule has 1 aliphatic rings. The highest BCUT2D eigenvalue weighted by atomic mass is 16.3. The molecule has 1 atom stereocenters. The average Bonchev–Trinajstić information content (AvgIpc) is 2.25. The lowest BCUT2D eigenvalue weighted by atomic mass is 9.83. The fourth-order valence-corrected chi connectivity index (χ4v) is 3.77. The SMILES string of the molecule is CC(C)CC(C)(C)CNCC(O)C1CCCCCCC1. The van der Waals surface area contributed by atoms with Crippen LogP contribution in [-0.2, 0) is 0 Å². The highest BCUT2D eigenvalue weighted by molar-refractivity contribution is 4.77. The molecular weight excluding hydrogens is 246 g/mol. The maximum Gasteiger partial charge on any atom is 0.0692 e. The number of rotatable bonds is 7. The Morgan fingerprint density at radius 1 is 1.05 bits per heavy atom. The Morgan fingerprint density at radius 3 is 2.15 bits per heavy atom. The Balaban J connectivity index is 2.25. The van der Waals surface area contributed by atoms with E-state index in [1.807, 2.05) is 0 Å². The van der Waals surface area contributed by atoms with Gasteiger partial charge in [0.2, 0.25) is 0 Å². The van der Waals surface area contributed by atoms with Crippen molar-refractivity contribution in [3.63, 3.8) is 0 Å². The second-order valence-electron chi connectivity index (χ2n) is 8.07. The van der Waals surface area contributed by atoms with Crippen LogP contribution in [0.1, 0.15) is 79.1 Å². The molecule has 2 heteroatoms. The van der Waals surface area contributed by atoms with Gasteiger partial charge in [-0.2, -0.15) is 0 Å². The summed E-state index contributed by atoms with van der Waals surface area (Å²) >= 11 is 0. The molecule has 0 radical (unpaired) electrons. The molecule has 1 fully saturated rings. The molecule has 0 aliphatic heterocycles. The molecule has 20 heavy (non-hydrogen) atoms. The van der Waals surface area contributed by atoms with Crippen LogP contribution in [0.3, 0.4) is 0 Å². The molecule has 0 spiro atoms. The predicted molar refractivity (Wildman–Crippen MR) is 87.9 cm³/mol. The van der Waals surface area contributed by atoms with Crippen molar-refractivity contribution in [3.8, 4) is 0 Å². The van der Waals surface area contributed by atoms with E-state index in [2.05, 4.69) is 33.0 Å². The van der Waals surface area contributed by atoms with Gasteiger partial charge >= 0.3 is 0 Å². The van der Waals surface area contributed by atoms with Crippen LogP contribution >= 0.6 is 0 Å². The molecule has 0 aromatic carbocycles. The third-order valence-corrected chi connectivity index (χ3v) is 4.61. The molecule has 0 heterocycles. The molecule has 2 N–H and O–H groups in total. The van der Waals surface area contributed by atoms with Crippen LogP contribution in [0.5, 0.6) is 0 Å². The van der Waals surface area contributed by atoms with Gasteiger partial charge in [0.25, 0.3) is 0 Å². The van der Waals surface area contributed by atoms with Crippen molar-refractivity contribution in [3.05, 3.63) is 0 Å². The Bertz CT molecular complexity index is 242. The molecule has 1 unspecified atom stereocenters. The molecule has 0 amide bonds. The molecule has 1 saturated carbocycles. The standard InChI is InChI=1S/C18H37NO/c1-15(2)12-18(3,4)14-19-13-17(20)16-10-8-6-5-7-9-11-16/h15-17,19-20H,5-14H2,1-4H3. The Hall–Kier alpha value is -0.0800. The topological polar surface area (TPSA) is 32.3 Å². The molecule has 2 nitrogen and oxygen atoms in total. The van der Waals surface area contributed by atoms with Crippen LogP contribution in [-0.4, -0.2) is 24.3 Å². The van der Waals surface area contributed by atoms with Crippen molar-refractivity contribution in [2.45, 2.75) is 85.2 Å². The summed E-state index contributed by atoms with van der Waals surface area (Å²) in [5.41, 5.74) is 0.328. The third-order valence-electron chi connectivity index (χ3n) is 4.61. The molecule has 120 valence electrons. The van der Waals surface area contributed by atoms with Gasteiger partial charge in [0.05, 0.1) is 6.10 Å². The number of aliphatic hydroxyl groups excluding tert-OH is 1. The maximum atomic E-state index is 10.4. The lowest BCUT2D eigenvalue weighted by molar-refractivity contribution is 0.0868. The summed E-state index contributed by atoms with van der Waals surface area (Å²) in [4.78, 5) is 0. The van der Waals surface area contributed by atoms with Crippen molar-refractivity contribution < 1.29 is 5.11 Å². The first-order chi connectivity index (χ1) is 9.41. The van der Waals surface area contributed by atoms with Crippen LogP contribution in [0.4, 0.5) is 0 Å². The average molecular weight is 284 g/mol. The fraction of sp³-hybridized carbons (Fsp3) is 1.00. The summed E-state index contributed by atoms with van der Waals surface area (Å²) in [6, 6.07) is 0. The van der Waals surface area contributed by atoms with E-state index in [9.17, 15) is 5.11 Å². The zero-order chi connectivity index (χ0) is 15.0. The van der Waals surface area contributed by atoms with Gasteiger partial charge in [-0.25, -0.2) is 0 Å². The molecule has 0 saturated heterocycles. The molecule has 0 aromatic heterocycles. The van der Waals surface area contributed by atoms with Gasteiger partial charge in [0, 0.05) is 13.1 Å². The maximum absolute atomic E-state index is 10.4. The zero-order valence-corrected chi connectivity index (χ0v) is 14.3.